The highest BCUT2D eigenvalue weighted by molar-refractivity contribution is 7.89. The molecule has 148 valence electrons. The van der Waals surface area contributed by atoms with E-state index in [1.165, 1.54) is 44.3 Å². The van der Waals surface area contributed by atoms with E-state index in [2.05, 4.69) is 0 Å². The van der Waals surface area contributed by atoms with E-state index in [1.807, 2.05) is 0 Å². The first-order valence-electron chi connectivity index (χ1n) is 8.82. The molecule has 2 aliphatic rings. The van der Waals surface area contributed by atoms with Crippen LogP contribution >= 0.6 is 0 Å². The van der Waals surface area contributed by atoms with E-state index in [-0.39, 0.29) is 28.0 Å². The van der Waals surface area contributed by atoms with Gasteiger partial charge in [0.15, 0.2) is 0 Å². The van der Waals surface area contributed by atoms with Gasteiger partial charge in [-0.1, -0.05) is 6.42 Å². The summed E-state index contributed by atoms with van der Waals surface area (Å²) in [4.78, 5) is 26.1. The van der Waals surface area contributed by atoms with Gasteiger partial charge in [-0.25, -0.2) is 17.5 Å². The summed E-state index contributed by atoms with van der Waals surface area (Å²) >= 11 is 0. The number of methoxy groups -OCH3 is 1. The van der Waals surface area contributed by atoms with Crippen molar-refractivity contribution in [2.75, 3.05) is 27.7 Å². The van der Waals surface area contributed by atoms with Crippen LogP contribution in [0.2, 0.25) is 0 Å². The molecule has 1 saturated carbocycles. The topological polar surface area (TPSA) is 104 Å². The van der Waals surface area contributed by atoms with E-state index in [1.54, 1.807) is 0 Å². The standard InChI is InChI=1S/C18H24N2O6S/c1-19(2)27(24,25)15-9-11(7-8-14(15)26-3)17(21)20-10-12-5-4-6-13(12)16(20)18(22)23/h7-9,12-13,16H,4-6,10H2,1-3H3,(H,22,23). The number of sulfonamides is 1. The number of carboxylic acid groups (broad SMARTS) is 1. The van der Waals surface area contributed by atoms with E-state index in [0.29, 0.717) is 6.54 Å². The third-order valence-electron chi connectivity index (χ3n) is 5.57. The average molecular weight is 396 g/mol. The molecule has 9 heteroatoms. The molecule has 1 heterocycles. The molecule has 0 aromatic heterocycles. The number of benzene rings is 1. The van der Waals surface area contributed by atoms with E-state index in [9.17, 15) is 23.1 Å². The molecule has 1 aliphatic heterocycles. The van der Waals surface area contributed by atoms with Crippen molar-refractivity contribution in [1.29, 1.82) is 0 Å². The molecule has 1 saturated heterocycles. The molecule has 8 nitrogen and oxygen atoms in total. The SMILES string of the molecule is COc1ccc(C(=O)N2CC3CCCC3C2C(=O)O)cc1S(=O)(=O)N(C)C. The fourth-order valence-corrected chi connectivity index (χ4v) is 5.28. The van der Waals surface area contributed by atoms with Crippen LogP contribution in [0, 0.1) is 11.8 Å². The summed E-state index contributed by atoms with van der Waals surface area (Å²) in [6.07, 6.45) is 2.70. The summed E-state index contributed by atoms with van der Waals surface area (Å²) < 4.78 is 31.3. The second-order valence-corrected chi connectivity index (χ2v) is 9.37. The number of carbonyl (C=O) groups excluding carboxylic acids is 1. The van der Waals surface area contributed by atoms with Crippen molar-refractivity contribution in [2.45, 2.75) is 30.2 Å². The number of hydrogen-bond donors (Lipinski definition) is 1. The Morgan fingerprint density at radius 3 is 2.56 bits per heavy atom. The summed E-state index contributed by atoms with van der Waals surface area (Å²) in [6.45, 7) is 0.391. The highest BCUT2D eigenvalue weighted by atomic mass is 32.2. The monoisotopic (exact) mass is 396 g/mol. The van der Waals surface area contributed by atoms with E-state index in [0.717, 1.165) is 23.6 Å². The minimum absolute atomic E-state index is 0.0327. The molecule has 3 unspecified atom stereocenters. The van der Waals surface area contributed by atoms with Gasteiger partial charge in [0.2, 0.25) is 10.0 Å². The molecule has 3 atom stereocenters. The zero-order chi connectivity index (χ0) is 19.9. The Balaban J connectivity index is 1.99. The smallest absolute Gasteiger partial charge is 0.326 e. The van der Waals surface area contributed by atoms with Crippen molar-refractivity contribution in [2.24, 2.45) is 11.8 Å². The zero-order valence-electron chi connectivity index (χ0n) is 15.6. The first-order valence-corrected chi connectivity index (χ1v) is 10.3. The normalized spacial score (nSPS) is 24.9. The Labute approximate surface area is 158 Å². The van der Waals surface area contributed by atoms with Crippen LogP contribution in [0.1, 0.15) is 29.6 Å². The predicted octanol–water partition coefficient (Wildman–Crippen LogP) is 1.27. The van der Waals surface area contributed by atoms with Crippen molar-refractivity contribution in [3.05, 3.63) is 23.8 Å². The van der Waals surface area contributed by atoms with Gasteiger partial charge in [0.1, 0.15) is 16.7 Å². The van der Waals surface area contributed by atoms with E-state index < -0.39 is 27.9 Å². The van der Waals surface area contributed by atoms with Gasteiger partial charge in [-0.15, -0.1) is 0 Å². The third-order valence-corrected chi connectivity index (χ3v) is 7.41. The quantitative estimate of drug-likeness (QED) is 0.804. The first kappa shape index (κ1) is 19.6. The molecule has 1 aliphatic carbocycles. The molecule has 1 aromatic rings. The van der Waals surface area contributed by atoms with Crippen LogP contribution < -0.4 is 4.74 Å². The number of ether oxygens (including phenoxy) is 1. The van der Waals surface area contributed by atoms with Gasteiger partial charge in [0, 0.05) is 26.2 Å². The van der Waals surface area contributed by atoms with Gasteiger partial charge in [-0.3, -0.25) is 4.79 Å². The lowest BCUT2D eigenvalue weighted by Gasteiger charge is -2.25. The lowest BCUT2D eigenvalue weighted by Crippen LogP contribution is -2.43. The number of hydrogen-bond acceptors (Lipinski definition) is 5. The number of aliphatic carboxylic acids is 1. The maximum Gasteiger partial charge on any atom is 0.326 e. The van der Waals surface area contributed by atoms with Gasteiger partial charge >= 0.3 is 5.97 Å². The number of carbonyl (C=O) groups is 2. The second kappa shape index (κ2) is 7.12. The molecule has 1 aromatic carbocycles. The van der Waals surface area contributed by atoms with Gasteiger partial charge in [-0.05, 0) is 42.9 Å². The van der Waals surface area contributed by atoms with Crippen LogP contribution in [-0.2, 0) is 14.8 Å². The van der Waals surface area contributed by atoms with E-state index >= 15 is 0 Å². The Morgan fingerprint density at radius 2 is 1.96 bits per heavy atom. The highest BCUT2D eigenvalue weighted by Gasteiger charge is 2.49. The zero-order valence-corrected chi connectivity index (χ0v) is 16.4. The van der Waals surface area contributed by atoms with Crippen molar-refractivity contribution in [3.8, 4) is 5.75 Å². The average Bonchev–Trinajstić information content (AvgIpc) is 3.20. The Kier molecular flexibility index (Phi) is 5.18. The molecular formula is C18H24N2O6S. The Morgan fingerprint density at radius 1 is 1.26 bits per heavy atom. The van der Waals surface area contributed by atoms with Crippen LogP contribution in [0.5, 0.6) is 5.75 Å². The molecule has 2 fully saturated rings. The highest BCUT2D eigenvalue weighted by Crippen LogP contribution is 2.43. The van der Waals surface area contributed by atoms with Gasteiger partial charge < -0.3 is 14.7 Å². The summed E-state index contributed by atoms with van der Waals surface area (Å²) in [6, 6.07) is 3.31. The third kappa shape index (κ3) is 3.29. The molecular weight excluding hydrogens is 372 g/mol. The summed E-state index contributed by atoms with van der Waals surface area (Å²) in [5.41, 5.74) is 0.141. The van der Waals surface area contributed by atoms with Gasteiger partial charge in [0.25, 0.3) is 5.91 Å². The van der Waals surface area contributed by atoms with Crippen LogP contribution in [0.3, 0.4) is 0 Å². The molecule has 0 radical (unpaired) electrons. The summed E-state index contributed by atoms with van der Waals surface area (Å²) in [7, 11) is 0.320. The number of amides is 1. The van der Waals surface area contributed by atoms with Gasteiger partial charge in [-0.2, -0.15) is 0 Å². The van der Waals surface area contributed by atoms with Crippen LogP contribution in [0.25, 0.3) is 0 Å². The first-order chi connectivity index (χ1) is 12.7. The molecule has 1 N–H and O–H groups in total. The van der Waals surface area contributed by atoms with Crippen LogP contribution in [0.15, 0.2) is 23.1 Å². The van der Waals surface area contributed by atoms with Crippen molar-refractivity contribution < 1.29 is 27.9 Å². The molecule has 1 amide bonds. The minimum atomic E-state index is -3.82. The second-order valence-electron chi connectivity index (χ2n) is 7.25. The van der Waals surface area contributed by atoms with Gasteiger partial charge in [0.05, 0.1) is 7.11 Å². The lowest BCUT2D eigenvalue weighted by molar-refractivity contribution is -0.142. The Hall–Kier alpha value is -2.13. The summed E-state index contributed by atoms with van der Waals surface area (Å²) in [5, 5.41) is 9.65. The van der Waals surface area contributed by atoms with Crippen LogP contribution in [-0.4, -0.2) is 68.4 Å². The maximum absolute atomic E-state index is 13.1. The number of likely N-dealkylation sites (tertiary alicyclic amines) is 1. The summed E-state index contributed by atoms with van der Waals surface area (Å²) in [5.74, 6) is -1.18. The van der Waals surface area contributed by atoms with Crippen molar-refractivity contribution >= 4 is 21.9 Å². The number of carboxylic acids is 1. The molecule has 0 bridgehead atoms. The number of nitrogens with zero attached hydrogens (tertiary/aromatic N) is 2. The molecule has 27 heavy (non-hydrogen) atoms. The van der Waals surface area contributed by atoms with Crippen molar-refractivity contribution in [1.82, 2.24) is 9.21 Å². The molecule has 0 spiro atoms. The van der Waals surface area contributed by atoms with E-state index in [4.69, 9.17) is 4.74 Å². The number of rotatable bonds is 5. The fraction of sp³-hybridized carbons (Fsp3) is 0.556. The number of fused-ring (bicyclic) bond motifs is 1. The van der Waals surface area contributed by atoms with Crippen molar-refractivity contribution in [3.63, 3.8) is 0 Å². The lowest BCUT2D eigenvalue weighted by atomic mass is 9.94. The Bertz CT molecular complexity index is 867. The maximum atomic E-state index is 13.1. The minimum Gasteiger partial charge on any atom is -0.495 e. The predicted molar refractivity (Wildman–Crippen MR) is 97.2 cm³/mol. The van der Waals surface area contributed by atoms with Crippen LogP contribution in [0.4, 0.5) is 0 Å². The fourth-order valence-electron chi connectivity index (χ4n) is 4.20. The molecule has 3 rings (SSSR count). The largest absolute Gasteiger partial charge is 0.495 e.